The number of benzene rings is 3. The maximum absolute atomic E-state index is 3.24. The number of fused-ring (bicyclic) bond motifs is 3. The van der Waals surface area contributed by atoms with E-state index in [1.165, 1.54) is 5.39 Å². The van der Waals surface area contributed by atoms with Crippen molar-refractivity contribution in [2.45, 2.75) is 0 Å². The Kier molecular flexibility index (Phi) is 1.54. The standard InChI is InChI=1S/C14H7/c1-3-7-13-11(5-1)9-10-12-6-2-4-8-14(12)13/h1-5,9-10H. The summed E-state index contributed by atoms with van der Waals surface area (Å²) in [5.74, 6) is 0. The molecule has 3 radical (unpaired) electrons. The third kappa shape index (κ3) is 1.01. The van der Waals surface area contributed by atoms with Crippen molar-refractivity contribution >= 4 is 21.5 Å². The van der Waals surface area contributed by atoms with Crippen LogP contribution in [0.2, 0.25) is 0 Å². The van der Waals surface area contributed by atoms with Gasteiger partial charge in [0.2, 0.25) is 0 Å². The predicted octanol–water partition coefficient (Wildman–Crippen LogP) is 3.39. The lowest BCUT2D eigenvalue weighted by Crippen LogP contribution is -1.76. The molecule has 0 bridgehead atoms. The van der Waals surface area contributed by atoms with Crippen molar-refractivity contribution in [3.05, 3.63) is 60.7 Å². The lowest BCUT2D eigenvalue weighted by molar-refractivity contribution is 1.74. The van der Waals surface area contributed by atoms with Crippen LogP contribution in [0.15, 0.2) is 42.5 Å². The molecule has 0 nitrogen and oxygen atoms in total. The van der Waals surface area contributed by atoms with Gasteiger partial charge in [0, 0.05) is 0 Å². The van der Waals surface area contributed by atoms with Crippen LogP contribution in [0.5, 0.6) is 0 Å². The lowest BCUT2D eigenvalue weighted by atomic mass is 10.0. The molecular weight excluding hydrogens is 168 g/mol. The molecule has 0 saturated heterocycles. The van der Waals surface area contributed by atoms with E-state index in [9.17, 15) is 0 Å². The first-order valence-electron chi connectivity index (χ1n) is 4.57. The summed E-state index contributed by atoms with van der Waals surface area (Å²) in [7, 11) is 0. The van der Waals surface area contributed by atoms with Gasteiger partial charge < -0.3 is 0 Å². The van der Waals surface area contributed by atoms with Crippen LogP contribution in [0.1, 0.15) is 0 Å². The fourth-order valence-electron chi connectivity index (χ4n) is 1.72. The predicted molar refractivity (Wildman–Crippen MR) is 58.0 cm³/mol. The minimum absolute atomic E-state index is 1.10. The van der Waals surface area contributed by atoms with Crippen LogP contribution < -0.4 is 0 Å². The maximum atomic E-state index is 3.24. The van der Waals surface area contributed by atoms with Gasteiger partial charge in [0.1, 0.15) is 0 Å². The second-order valence-corrected chi connectivity index (χ2v) is 3.24. The monoisotopic (exact) mass is 175 g/mol. The lowest BCUT2D eigenvalue weighted by Gasteiger charge is -2.01. The van der Waals surface area contributed by atoms with Gasteiger partial charge in [0.25, 0.3) is 0 Å². The first-order chi connectivity index (χ1) is 6.95. The van der Waals surface area contributed by atoms with Crippen LogP contribution in [-0.2, 0) is 0 Å². The minimum Gasteiger partial charge on any atom is -0.0610 e. The van der Waals surface area contributed by atoms with E-state index in [0.717, 1.165) is 16.2 Å². The van der Waals surface area contributed by atoms with E-state index in [1.54, 1.807) is 0 Å². The van der Waals surface area contributed by atoms with Crippen molar-refractivity contribution in [2.75, 3.05) is 0 Å². The minimum atomic E-state index is 1.10. The van der Waals surface area contributed by atoms with Crippen molar-refractivity contribution in [2.24, 2.45) is 0 Å². The summed E-state index contributed by atoms with van der Waals surface area (Å²) >= 11 is 0. The van der Waals surface area contributed by atoms with Gasteiger partial charge in [-0.25, -0.2) is 0 Å². The molecule has 0 amide bonds. The second kappa shape index (κ2) is 2.85. The van der Waals surface area contributed by atoms with Crippen molar-refractivity contribution in [3.8, 4) is 0 Å². The second-order valence-electron chi connectivity index (χ2n) is 3.24. The number of rotatable bonds is 0. The first-order valence-corrected chi connectivity index (χ1v) is 4.57. The molecule has 0 N–H and O–H groups in total. The molecule has 0 heterocycles. The maximum Gasteiger partial charge on any atom is -0.00141 e. The molecule has 63 valence electrons. The summed E-state index contributed by atoms with van der Waals surface area (Å²) in [5, 5.41) is 4.53. The van der Waals surface area contributed by atoms with Crippen LogP contribution in [-0.4, -0.2) is 0 Å². The molecule has 0 aliphatic heterocycles. The summed E-state index contributed by atoms with van der Waals surface area (Å²) in [5.41, 5.74) is 0. The van der Waals surface area contributed by atoms with Gasteiger partial charge in [0.15, 0.2) is 0 Å². The Morgan fingerprint density at radius 1 is 0.714 bits per heavy atom. The molecule has 0 aliphatic rings. The van der Waals surface area contributed by atoms with Crippen LogP contribution in [0.4, 0.5) is 0 Å². The molecule has 0 atom stereocenters. The molecule has 14 heavy (non-hydrogen) atoms. The zero-order valence-corrected chi connectivity index (χ0v) is 7.54. The average Bonchev–Trinajstić information content (AvgIpc) is 2.29. The van der Waals surface area contributed by atoms with E-state index in [-0.39, 0.29) is 0 Å². The van der Waals surface area contributed by atoms with E-state index < -0.39 is 0 Å². The zero-order valence-electron chi connectivity index (χ0n) is 7.54. The van der Waals surface area contributed by atoms with Gasteiger partial charge >= 0.3 is 0 Å². The highest BCUT2D eigenvalue weighted by atomic mass is 14.0. The quantitative estimate of drug-likeness (QED) is 0.459. The third-order valence-electron chi connectivity index (χ3n) is 2.39. The van der Waals surface area contributed by atoms with Gasteiger partial charge in [-0.3, -0.25) is 0 Å². The highest BCUT2D eigenvalue weighted by Gasteiger charge is 1.98. The van der Waals surface area contributed by atoms with E-state index >= 15 is 0 Å². The van der Waals surface area contributed by atoms with Gasteiger partial charge in [0.05, 0.1) is 0 Å². The normalized spacial score (nSPS) is 10.9. The molecule has 0 heteroatoms. The van der Waals surface area contributed by atoms with Crippen LogP contribution in [0.3, 0.4) is 0 Å². The number of hydrogen-bond donors (Lipinski definition) is 0. The van der Waals surface area contributed by atoms with E-state index in [0.29, 0.717) is 0 Å². The van der Waals surface area contributed by atoms with Crippen molar-refractivity contribution in [1.82, 2.24) is 0 Å². The summed E-state index contributed by atoms with van der Waals surface area (Å²) in [4.78, 5) is 0. The van der Waals surface area contributed by atoms with Gasteiger partial charge in [-0.1, -0.05) is 42.5 Å². The Labute approximate surface area is 82.8 Å². The molecule has 0 fully saturated rings. The van der Waals surface area contributed by atoms with E-state index in [4.69, 9.17) is 0 Å². The van der Waals surface area contributed by atoms with E-state index in [1.807, 2.05) is 24.3 Å². The average molecular weight is 175 g/mol. The first kappa shape index (κ1) is 7.57. The Morgan fingerprint density at radius 3 is 2.57 bits per heavy atom. The summed E-state index contributed by atoms with van der Waals surface area (Å²) in [6, 6.07) is 23.6. The van der Waals surface area contributed by atoms with E-state index in [2.05, 4.69) is 36.4 Å². The molecule has 0 aromatic heterocycles. The van der Waals surface area contributed by atoms with Gasteiger partial charge in [-0.15, -0.1) is 0 Å². The molecule has 0 saturated carbocycles. The Hall–Kier alpha value is -1.82. The van der Waals surface area contributed by atoms with Crippen molar-refractivity contribution < 1.29 is 0 Å². The molecule has 3 aromatic rings. The van der Waals surface area contributed by atoms with Gasteiger partial charge in [-0.2, -0.15) is 0 Å². The van der Waals surface area contributed by atoms with Gasteiger partial charge in [-0.05, 0) is 39.7 Å². The summed E-state index contributed by atoms with van der Waals surface area (Å²) in [6.07, 6.45) is 0. The van der Waals surface area contributed by atoms with Crippen molar-refractivity contribution in [3.63, 3.8) is 0 Å². The Morgan fingerprint density at radius 2 is 1.57 bits per heavy atom. The molecular formula is C14H7. The third-order valence-corrected chi connectivity index (χ3v) is 2.39. The zero-order chi connectivity index (χ0) is 9.38. The molecule has 3 aromatic carbocycles. The topological polar surface area (TPSA) is 0 Å². The highest BCUT2D eigenvalue weighted by Crippen LogP contribution is 2.23. The highest BCUT2D eigenvalue weighted by molar-refractivity contribution is 6.06. The fourth-order valence-corrected chi connectivity index (χ4v) is 1.72. The van der Waals surface area contributed by atoms with Crippen LogP contribution in [0.25, 0.3) is 21.5 Å². The smallest absolute Gasteiger partial charge is 0.00141 e. The number of hydrogen-bond acceptors (Lipinski definition) is 0. The fraction of sp³-hybridized carbons (Fsp3) is 0. The molecule has 3 rings (SSSR count). The summed E-state index contributed by atoms with van der Waals surface area (Å²) < 4.78 is 0. The largest absolute Gasteiger partial charge is 0.0610 e. The Bertz CT molecular complexity index is 539. The Balaban J connectivity index is 2.61. The molecule has 0 aliphatic carbocycles. The molecule has 0 spiro atoms. The van der Waals surface area contributed by atoms with Crippen molar-refractivity contribution in [1.29, 1.82) is 0 Å². The van der Waals surface area contributed by atoms with Crippen LogP contribution in [0, 0.1) is 18.2 Å². The van der Waals surface area contributed by atoms with Crippen LogP contribution >= 0.6 is 0 Å². The summed E-state index contributed by atoms with van der Waals surface area (Å²) in [6.45, 7) is 0. The SMILES string of the molecule is [c]1cc[c]c2c1ccc1ccc[c]c12. The molecule has 0 unspecified atom stereocenters.